The molecular weight excluding hydrogens is 318 g/mol. The van der Waals surface area contributed by atoms with Crippen molar-refractivity contribution in [1.82, 2.24) is 0 Å². The molecule has 2 heteroatoms. The second-order valence-corrected chi connectivity index (χ2v) is 6.50. The highest BCUT2D eigenvalue weighted by molar-refractivity contribution is 5.22. The Hall–Kier alpha value is -0.860. The van der Waals surface area contributed by atoms with Gasteiger partial charge in [-0.2, -0.15) is 0 Å². The Morgan fingerprint density at radius 3 is 1.96 bits per heavy atom. The molecule has 0 heterocycles. The SMILES string of the molecule is CC.CCCCCCC.C\C=C/C(=C\C=C\CCC(N)(CC)CO)CC. The van der Waals surface area contributed by atoms with Gasteiger partial charge in [0.15, 0.2) is 0 Å². The molecule has 0 rings (SSSR count). The lowest BCUT2D eigenvalue weighted by atomic mass is 9.92. The van der Waals surface area contributed by atoms with E-state index in [2.05, 4.69) is 51.2 Å². The van der Waals surface area contributed by atoms with Crippen molar-refractivity contribution in [2.45, 2.75) is 112 Å². The Balaban J connectivity index is -0.000000491. The monoisotopic (exact) mass is 367 g/mol. The van der Waals surface area contributed by atoms with Gasteiger partial charge in [0.2, 0.25) is 0 Å². The van der Waals surface area contributed by atoms with Crippen LogP contribution in [0.25, 0.3) is 0 Å². The third kappa shape index (κ3) is 21.2. The maximum Gasteiger partial charge on any atom is 0.0611 e. The molecule has 1 unspecified atom stereocenters. The van der Waals surface area contributed by atoms with E-state index in [1.54, 1.807) is 0 Å². The topological polar surface area (TPSA) is 46.2 Å². The van der Waals surface area contributed by atoms with Crippen LogP contribution in [0.2, 0.25) is 0 Å². The molecule has 0 fully saturated rings. The molecule has 3 N–H and O–H groups in total. The van der Waals surface area contributed by atoms with Crippen LogP contribution < -0.4 is 5.73 Å². The maximum absolute atomic E-state index is 9.17. The summed E-state index contributed by atoms with van der Waals surface area (Å²) in [6, 6.07) is 0. The predicted octanol–water partition coefficient (Wildman–Crippen LogP) is 7.34. The van der Waals surface area contributed by atoms with E-state index in [-0.39, 0.29) is 6.61 Å². The minimum absolute atomic E-state index is 0.0615. The van der Waals surface area contributed by atoms with Gasteiger partial charge >= 0.3 is 0 Å². The number of aliphatic hydroxyl groups excluding tert-OH is 1. The number of unbranched alkanes of at least 4 members (excludes halogenated alkanes) is 4. The van der Waals surface area contributed by atoms with E-state index in [0.717, 1.165) is 25.7 Å². The zero-order valence-electron chi connectivity index (χ0n) is 19.0. The van der Waals surface area contributed by atoms with Crippen molar-refractivity contribution in [1.29, 1.82) is 0 Å². The number of aliphatic hydroxyl groups is 1. The lowest BCUT2D eigenvalue weighted by Crippen LogP contribution is -2.42. The predicted molar refractivity (Wildman–Crippen MR) is 122 cm³/mol. The van der Waals surface area contributed by atoms with Gasteiger partial charge < -0.3 is 10.8 Å². The van der Waals surface area contributed by atoms with Gasteiger partial charge in [-0.15, -0.1) is 0 Å². The minimum Gasteiger partial charge on any atom is -0.394 e. The van der Waals surface area contributed by atoms with Crippen molar-refractivity contribution >= 4 is 0 Å². The van der Waals surface area contributed by atoms with E-state index in [4.69, 9.17) is 10.8 Å². The largest absolute Gasteiger partial charge is 0.394 e. The molecule has 2 nitrogen and oxygen atoms in total. The van der Waals surface area contributed by atoms with Crippen LogP contribution >= 0.6 is 0 Å². The second-order valence-electron chi connectivity index (χ2n) is 6.50. The zero-order chi connectivity index (χ0) is 20.7. The van der Waals surface area contributed by atoms with Gasteiger partial charge in [-0.3, -0.25) is 0 Å². The smallest absolute Gasteiger partial charge is 0.0611 e. The van der Waals surface area contributed by atoms with E-state index in [1.807, 2.05) is 27.7 Å². The summed E-state index contributed by atoms with van der Waals surface area (Å²) in [7, 11) is 0. The molecule has 26 heavy (non-hydrogen) atoms. The number of hydrogen-bond donors (Lipinski definition) is 2. The van der Waals surface area contributed by atoms with Gasteiger partial charge in [0.1, 0.15) is 0 Å². The van der Waals surface area contributed by atoms with E-state index < -0.39 is 5.54 Å². The van der Waals surface area contributed by atoms with E-state index in [1.165, 1.54) is 37.7 Å². The molecule has 0 radical (unpaired) electrons. The lowest BCUT2D eigenvalue weighted by Gasteiger charge is -2.24. The maximum atomic E-state index is 9.17. The average Bonchev–Trinajstić information content (AvgIpc) is 2.69. The fraction of sp³-hybridized carbons (Fsp3) is 0.750. The molecule has 0 aromatic rings. The van der Waals surface area contributed by atoms with Gasteiger partial charge in [-0.05, 0) is 38.2 Å². The summed E-state index contributed by atoms with van der Waals surface area (Å²) in [5.74, 6) is 0. The van der Waals surface area contributed by atoms with Gasteiger partial charge in [0.25, 0.3) is 0 Å². The third-order valence-electron chi connectivity index (χ3n) is 4.27. The van der Waals surface area contributed by atoms with Gasteiger partial charge in [-0.25, -0.2) is 0 Å². The molecule has 0 aromatic heterocycles. The Bertz CT molecular complexity index is 334. The number of hydrogen-bond acceptors (Lipinski definition) is 2. The molecule has 0 saturated carbocycles. The van der Waals surface area contributed by atoms with Gasteiger partial charge in [0, 0.05) is 5.54 Å². The summed E-state index contributed by atoms with van der Waals surface area (Å²) in [4.78, 5) is 0. The van der Waals surface area contributed by atoms with Crippen LogP contribution in [0.15, 0.2) is 36.0 Å². The van der Waals surface area contributed by atoms with Crippen LogP contribution in [0, 0.1) is 0 Å². The highest BCUT2D eigenvalue weighted by Gasteiger charge is 2.19. The molecule has 0 aliphatic heterocycles. The normalized spacial score (nSPS) is 13.8. The van der Waals surface area contributed by atoms with Crippen molar-refractivity contribution in [2.75, 3.05) is 6.61 Å². The molecule has 0 bridgehead atoms. The van der Waals surface area contributed by atoms with Crippen molar-refractivity contribution in [3.8, 4) is 0 Å². The Labute approximate surface area is 165 Å². The fourth-order valence-electron chi connectivity index (χ4n) is 2.21. The summed E-state index contributed by atoms with van der Waals surface area (Å²) >= 11 is 0. The molecule has 0 saturated heterocycles. The fourth-order valence-corrected chi connectivity index (χ4v) is 2.21. The van der Waals surface area contributed by atoms with Crippen LogP contribution in [-0.4, -0.2) is 17.3 Å². The molecule has 0 aliphatic rings. The first-order chi connectivity index (χ1) is 12.5. The molecule has 0 spiro atoms. The van der Waals surface area contributed by atoms with Crippen LogP contribution in [0.3, 0.4) is 0 Å². The highest BCUT2D eigenvalue weighted by Crippen LogP contribution is 2.13. The third-order valence-corrected chi connectivity index (χ3v) is 4.27. The molecule has 0 aromatic carbocycles. The number of nitrogens with two attached hydrogens (primary N) is 1. The molecular formula is C24H49NO. The summed E-state index contributed by atoms with van der Waals surface area (Å²) in [5, 5.41) is 9.17. The Morgan fingerprint density at radius 2 is 1.58 bits per heavy atom. The van der Waals surface area contributed by atoms with Crippen LogP contribution in [0.1, 0.15) is 106 Å². The number of rotatable bonds is 12. The zero-order valence-corrected chi connectivity index (χ0v) is 19.0. The quantitative estimate of drug-likeness (QED) is 0.280. The first-order valence-electron chi connectivity index (χ1n) is 10.9. The molecule has 1 atom stereocenters. The first-order valence-corrected chi connectivity index (χ1v) is 10.9. The van der Waals surface area contributed by atoms with Crippen molar-refractivity contribution in [3.63, 3.8) is 0 Å². The summed E-state index contributed by atoms with van der Waals surface area (Å²) < 4.78 is 0. The van der Waals surface area contributed by atoms with Crippen LogP contribution in [-0.2, 0) is 0 Å². The molecule has 0 aliphatic carbocycles. The van der Waals surface area contributed by atoms with Gasteiger partial charge in [-0.1, -0.05) is 104 Å². The Kier molecular flexibility index (Phi) is 27.7. The second kappa shape index (κ2) is 24.1. The first kappa shape index (κ1) is 29.9. The van der Waals surface area contributed by atoms with Gasteiger partial charge in [0.05, 0.1) is 6.61 Å². The average molecular weight is 368 g/mol. The standard InChI is InChI=1S/C15H27NO.C7H16.C2H6/c1-4-10-14(5-2)11-8-7-9-12-15(16,6-3)13-17;1-3-5-7-6-4-2;1-2/h4,7-8,10-11,17H,5-6,9,12-13,16H2,1-3H3;3-7H2,1-2H3;1-2H3/b8-7+,10-4-,14-11-;;. The Morgan fingerprint density at radius 1 is 1.00 bits per heavy atom. The highest BCUT2D eigenvalue weighted by atomic mass is 16.3. The summed E-state index contributed by atoms with van der Waals surface area (Å²) in [6.07, 6.45) is 21.1. The molecule has 0 amide bonds. The minimum atomic E-state index is -0.412. The van der Waals surface area contributed by atoms with E-state index >= 15 is 0 Å². The van der Waals surface area contributed by atoms with Crippen molar-refractivity contribution in [3.05, 3.63) is 36.0 Å². The summed E-state index contributed by atoms with van der Waals surface area (Å²) in [6.45, 7) is 14.7. The molecule has 156 valence electrons. The van der Waals surface area contributed by atoms with Crippen LogP contribution in [0.4, 0.5) is 0 Å². The van der Waals surface area contributed by atoms with Crippen molar-refractivity contribution in [2.24, 2.45) is 5.73 Å². The van der Waals surface area contributed by atoms with Crippen LogP contribution in [0.5, 0.6) is 0 Å². The van der Waals surface area contributed by atoms with Crippen molar-refractivity contribution < 1.29 is 5.11 Å². The van der Waals surface area contributed by atoms with E-state index in [9.17, 15) is 0 Å². The van der Waals surface area contributed by atoms with E-state index in [0.29, 0.717) is 0 Å². The number of allylic oxidation sites excluding steroid dienone is 6. The summed E-state index contributed by atoms with van der Waals surface area (Å²) in [5.41, 5.74) is 6.91. The lowest BCUT2D eigenvalue weighted by molar-refractivity contribution is 0.183.